The summed E-state index contributed by atoms with van der Waals surface area (Å²) in [5.74, 6) is -0.465. The van der Waals surface area contributed by atoms with Gasteiger partial charge in [0.1, 0.15) is 10.6 Å². The van der Waals surface area contributed by atoms with Gasteiger partial charge in [-0.3, -0.25) is 14.9 Å². The minimum Gasteiger partial charge on any atom is -0.495 e. The fourth-order valence-electron chi connectivity index (χ4n) is 3.44. The fourth-order valence-corrected chi connectivity index (χ4v) is 5.07. The van der Waals surface area contributed by atoms with Gasteiger partial charge in [-0.1, -0.05) is 36.4 Å². The van der Waals surface area contributed by atoms with Gasteiger partial charge in [-0.2, -0.15) is 9.41 Å². The zero-order valence-electron chi connectivity index (χ0n) is 20.5. The van der Waals surface area contributed by atoms with E-state index in [1.165, 1.54) is 44.7 Å². The molecule has 0 aliphatic rings. The van der Waals surface area contributed by atoms with E-state index in [4.69, 9.17) is 9.47 Å². The highest BCUT2D eigenvalue weighted by Crippen LogP contribution is 2.29. The number of hydrazone groups is 1. The second-order valence-corrected chi connectivity index (χ2v) is 9.80. The number of amides is 1. The number of methoxy groups -OCH3 is 2. The summed E-state index contributed by atoms with van der Waals surface area (Å²) in [5.41, 5.74) is 3.75. The van der Waals surface area contributed by atoms with Gasteiger partial charge in [0.2, 0.25) is 10.0 Å². The molecule has 3 aromatic rings. The molecule has 0 aliphatic carbocycles. The van der Waals surface area contributed by atoms with Gasteiger partial charge >= 0.3 is 5.69 Å². The second-order valence-electron chi connectivity index (χ2n) is 7.89. The lowest BCUT2D eigenvalue weighted by Crippen LogP contribution is -2.39. The third kappa shape index (κ3) is 6.90. The van der Waals surface area contributed by atoms with Crippen molar-refractivity contribution in [3.05, 3.63) is 93.5 Å². The van der Waals surface area contributed by atoms with E-state index in [9.17, 15) is 23.3 Å². The molecule has 3 rings (SSSR count). The van der Waals surface area contributed by atoms with Crippen LogP contribution < -0.4 is 14.9 Å². The number of sulfonamides is 1. The summed E-state index contributed by atoms with van der Waals surface area (Å²) in [4.78, 5) is 23.3. The topological polar surface area (TPSA) is 140 Å². The van der Waals surface area contributed by atoms with Gasteiger partial charge in [0.15, 0.2) is 5.75 Å². The van der Waals surface area contributed by atoms with Gasteiger partial charge < -0.3 is 9.47 Å². The van der Waals surface area contributed by atoms with Crippen molar-refractivity contribution in [2.75, 3.05) is 20.8 Å². The molecule has 0 saturated heterocycles. The number of nitrogens with one attached hydrogen (secondary N) is 1. The molecule has 0 fully saturated rings. The van der Waals surface area contributed by atoms with Gasteiger partial charge in [0.05, 0.1) is 31.9 Å². The Kier molecular flexibility index (Phi) is 8.93. The normalized spacial score (nSPS) is 11.5. The molecule has 0 aromatic heterocycles. The largest absolute Gasteiger partial charge is 0.495 e. The van der Waals surface area contributed by atoms with E-state index in [0.29, 0.717) is 16.7 Å². The zero-order valence-corrected chi connectivity index (χ0v) is 21.3. The molecule has 0 spiro atoms. The van der Waals surface area contributed by atoms with Crippen molar-refractivity contribution < 1.29 is 27.6 Å². The van der Waals surface area contributed by atoms with Crippen molar-refractivity contribution in [2.45, 2.75) is 18.4 Å². The number of rotatable bonds is 11. The lowest BCUT2D eigenvalue weighted by molar-refractivity contribution is -0.385. The molecule has 11 nitrogen and oxygen atoms in total. The maximum Gasteiger partial charge on any atom is 0.311 e. The standard InChI is InChI=1S/C25H26N4O7S/c1-18-9-11-23(36-3)24(13-18)37(33,34)28(16-19-7-5-4-6-8-19)17-25(30)27-26-15-20-10-12-22(35-2)21(14-20)29(31)32/h4-15H,16-17H2,1-3H3,(H,27,30)/b26-15+. The molecule has 1 N–H and O–H groups in total. The Balaban J connectivity index is 1.84. The molecule has 0 atom stereocenters. The van der Waals surface area contributed by atoms with Crippen LogP contribution in [0.25, 0.3) is 0 Å². The van der Waals surface area contributed by atoms with E-state index < -0.39 is 27.4 Å². The number of hydrogen-bond donors (Lipinski definition) is 1. The van der Waals surface area contributed by atoms with Crippen LogP contribution in [0.3, 0.4) is 0 Å². The molecule has 0 heterocycles. The lowest BCUT2D eigenvalue weighted by atomic mass is 10.2. The van der Waals surface area contributed by atoms with Crippen molar-refractivity contribution in [3.8, 4) is 11.5 Å². The molecule has 0 radical (unpaired) electrons. The highest BCUT2D eigenvalue weighted by atomic mass is 32.2. The highest BCUT2D eigenvalue weighted by Gasteiger charge is 2.30. The number of carbonyl (C=O) groups is 1. The van der Waals surface area contributed by atoms with Crippen LogP contribution in [0.15, 0.2) is 76.7 Å². The van der Waals surface area contributed by atoms with Crippen molar-refractivity contribution in [1.29, 1.82) is 0 Å². The number of hydrogen-bond acceptors (Lipinski definition) is 8. The first kappa shape index (κ1) is 27.3. The van der Waals surface area contributed by atoms with E-state index in [2.05, 4.69) is 10.5 Å². The van der Waals surface area contributed by atoms with Crippen molar-refractivity contribution in [1.82, 2.24) is 9.73 Å². The van der Waals surface area contributed by atoms with Gasteiger partial charge in [-0.25, -0.2) is 13.8 Å². The van der Waals surface area contributed by atoms with Crippen molar-refractivity contribution in [2.24, 2.45) is 5.10 Å². The SMILES string of the molecule is COc1ccc(/C=N/NC(=O)CN(Cc2ccccc2)S(=O)(=O)c2cc(C)ccc2OC)cc1[N+](=O)[O-]. The van der Waals surface area contributed by atoms with Crippen LogP contribution in [-0.4, -0.2) is 50.5 Å². The van der Waals surface area contributed by atoms with Crippen LogP contribution in [0.1, 0.15) is 16.7 Å². The highest BCUT2D eigenvalue weighted by molar-refractivity contribution is 7.89. The molecule has 0 saturated carbocycles. The number of nitro groups is 1. The fraction of sp³-hybridized carbons (Fsp3) is 0.200. The first-order valence-electron chi connectivity index (χ1n) is 11.0. The summed E-state index contributed by atoms with van der Waals surface area (Å²) in [5, 5.41) is 15.0. The Labute approximate surface area is 214 Å². The summed E-state index contributed by atoms with van der Waals surface area (Å²) in [7, 11) is -1.46. The maximum absolute atomic E-state index is 13.6. The number of nitro benzene ring substituents is 1. The van der Waals surface area contributed by atoms with E-state index in [0.717, 1.165) is 4.31 Å². The van der Waals surface area contributed by atoms with Crippen LogP contribution >= 0.6 is 0 Å². The summed E-state index contributed by atoms with van der Waals surface area (Å²) in [6.07, 6.45) is 1.21. The predicted octanol–water partition coefficient (Wildman–Crippen LogP) is 3.26. The number of nitrogens with zero attached hydrogens (tertiary/aromatic N) is 3. The average molecular weight is 527 g/mol. The van der Waals surface area contributed by atoms with Crippen molar-refractivity contribution in [3.63, 3.8) is 0 Å². The molecular formula is C25H26N4O7S. The van der Waals surface area contributed by atoms with Gasteiger partial charge in [0, 0.05) is 18.2 Å². The molecule has 194 valence electrons. The molecule has 0 aliphatic heterocycles. The molecule has 12 heteroatoms. The number of ether oxygens (including phenoxy) is 2. The van der Waals surface area contributed by atoms with Crippen LogP contribution in [0, 0.1) is 17.0 Å². The molecule has 0 unspecified atom stereocenters. The van der Waals surface area contributed by atoms with E-state index in [1.54, 1.807) is 49.4 Å². The lowest BCUT2D eigenvalue weighted by Gasteiger charge is -2.23. The Morgan fingerprint density at radius 1 is 1.05 bits per heavy atom. The minimum absolute atomic E-state index is 0.0622. The quantitative estimate of drug-likeness (QED) is 0.230. The van der Waals surface area contributed by atoms with Gasteiger partial charge in [0.25, 0.3) is 5.91 Å². The predicted molar refractivity (Wildman–Crippen MR) is 137 cm³/mol. The van der Waals surface area contributed by atoms with E-state index in [1.807, 2.05) is 0 Å². The first-order valence-corrected chi connectivity index (χ1v) is 12.4. The van der Waals surface area contributed by atoms with Crippen LogP contribution in [0.5, 0.6) is 11.5 Å². The maximum atomic E-state index is 13.6. The molecule has 3 aromatic carbocycles. The molecule has 1 amide bonds. The van der Waals surface area contributed by atoms with Crippen LogP contribution in [0.2, 0.25) is 0 Å². The third-order valence-corrected chi connectivity index (χ3v) is 7.07. The molecule has 0 bridgehead atoms. The summed E-state index contributed by atoms with van der Waals surface area (Å²) in [6, 6.07) is 17.8. The Morgan fingerprint density at radius 2 is 1.73 bits per heavy atom. The van der Waals surface area contributed by atoms with E-state index >= 15 is 0 Å². The Hall–Kier alpha value is -4.29. The van der Waals surface area contributed by atoms with Gasteiger partial charge in [-0.05, 0) is 42.3 Å². The minimum atomic E-state index is -4.15. The Morgan fingerprint density at radius 3 is 2.38 bits per heavy atom. The number of benzene rings is 3. The van der Waals surface area contributed by atoms with E-state index in [-0.39, 0.29) is 28.6 Å². The average Bonchev–Trinajstić information content (AvgIpc) is 2.88. The summed E-state index contributed by atoms with van der Waals surface area (Å²) >= 11 is 0. The monoisotopic (exact) mass is 526 g/mol. The molecule has 37 heavy (non-hydrogen) atoms. The first-order chi connectivity index (χ1) is 17.6. The smallest absolute Gasteiger partial charge is 0.311 e. The third-order valence-electron chi connectivity index (χ3n) is 5.26. The zero-order chi connectivity index (χ0) is 27.0. The second kappa shape index (κ2) is 12.1. The van der Waals surface area contributed by atoms with Crippen LogP contribution in [-0.2, 0) is 21.4 Å². The van der Waals surface area contributed by atoms with Gasteiger partial charge in [-0.15, -0.1) is 0 Å². The summed E-state index contributed by atoms with van der Waals surface area (Å²) in [6.45, 7) is 1.15. The van der Waals surface area contributed by atoms with Crippen molar-refractivity contribution >= 4 is 27.8 Å². The summed E-state index contributed by atoms with van der Waals surface area (Å²) < 4.78 is 38.5. The number of aryl methyl sites for hydroxylation is 1. The molecular weight excluding hydrogens is 500 g/mol. The Bertz CT molecular complexity index is 1410. The number of carbonyl (C=O) groups excluding carboxylic acids is 1. The van der Waals surface area contributed by atoms with Crippen LogP contribution in [0.4, 0.5) is 5.69 Å².